The fraction of sp³-hybridized carbons (Fsp3) is 0.100. The van der Waals surface area contributed by atoms with E-state index in [-0.39, 0.29) is 5.91 Å². The molecule has 0 aliphatic carbocycles. The largest absolute Gasteiger partial charge is 0.494 e. The highest BCUT2D eigenvalue weighted by atomic mass is 32.1. The van der Waals surface area contributed by atoms with Crippen LogP contribution in [-0.4, -0.2) is 18.0 Å². The number of carbonyl (C=O) groups excluding carboxylic acids is 1. The molecule has 0 aliphatic rings. The highest BCUT2D eigenvalue weighted by Crippen LogP contribution is 2.39. The lowest BCUT2D eigenvalue weighted by molar-refractivity contribution is 0.103. The number of fused-ring (bicyclic) bond motifs is 1. The Labute approximate surface area is 159 Å². The monoisotopic (exact) mass is 380 g/mol. The summed E-state index contributed by atoms with van der Waals surface area (Å²) in [6.45, 7) is 1.98. The number of ether oxygens (including phenoxy) is 1. The predicted molar refractivity (Wildman–Crippen MR) is 109 cm³/mol. The van der Waals surface area contributed by atoms with Gasteiger partial charge in [-0.1, -0.05) is 41.7 Å². The van der Waals surface area contributed by atoms with Crippen LogP contribution in [0.1, 0.15) is 14.5 Å². The van der Waals surface area contributed by atoms with Gasteiger partial charge >= 0.3 is 0 Å². The second kappa shape index (κ2) is 6.90. The minimum Gasteiger partial charge on any atom is -0.494 e. The number of rotatable bonds is 4. The molecule has 0 fully saturated rings. The molecule has 1 amide bonds. The smallest absolute Gasteiger partial charge is 0.267 e. The first-order chi connectivity index (χ1) is 12.7. The number of methoxy groups -OCH3 is 1. The molecular formula is C20H16N2O2S2. The van der Waals surface area contributed by atoms with Gasteiger partial charge in [-0.2, -0.15) is 0 Å². The lowest BCUT2D eigenvalue weighted by Gasteiger charge is -2.05. The van der Waals surface area contributed by atoms with E-state index in [2.05, 4.69) is 22.4 Å². The first-order valence-corrected chi connectivity index (χ1v) is 9.70. The zero-order valence-electron chi connectivity index (χ0n) is 14.3. The van der Waals surface area contributed by atoms with Crippen molar-refractivity contribution in [2.75, 3.05) is 12.4 Å². The molecule has 6 heteroatoms. The Bertz CT molecular complexity index is 1080. The van der Waals surface area contributed by atoms with Crippen LogP contribution in [0.3, 0.4) is 0 Å². The molecule has 26 heavy (non-hydrogen) atoms. The Morgan fingerprint density at radius 1 is 1.04 bits per heavy atom. The molecule has 0 saturated carbocycles. The van der Waals surface area contributed by atoms with Crippen molar-refractivity contribution in [1.82, 2.24) is 4.98 Å². The van der Waals surface area contributed by atoms with Gasteiger partial charge in [0.15, 0.2) is 5.13 Å². The summed E-state index contributed by atoms with van der Waals surface area (Å²) >= 11 is 2.93. The van der Waals surface area contributed by atoms with E-state index in [9.17, 15) is 4.79 Å². The maximum Gasteiger partial charge on any atom is 0.267 e. The Morgan fingerprint density at radius 2 is 1.85 bits per heavy atom. The topological polar surface area (TPSA) is 51.2 Å². The van der Waals surface area contributed by atoms with Gasteiger partial charge in [-0.25, -0.2) is 4.98 Å². The van der Waals surface area contributed by atoms with Gasteiger partial charge in [0, 0.05) is 10.4 Å². The quantitative estimate of drug-likeness (QED) is 0.502. The number of aromatic nitrogens is 1. The van der Waals surface area contributed by atoms with Crippen LogP contribution in [0.25, 0.3) is 21.3 Å². The summed E-state index contributed by atoms with van der Waals surface area (Å²) in [5.41, 5.74) is 2.94. The fourth-order valence-electron chi connectivity index (χ4n) is 2.76. The molecule has 0 unspecified atom stereocenters. The third-order valence-electron chi connectivity index (χ3n) is 4.00. The lowest BCUT2D eigenvalue weighted by Crippen LogP contribution is -2.09. The van der Waals surface area contributed by atoms with Crippen molar-refractivity contribution in [3.8, 4) is 16.9 Å². The van der Waals surface area contributed by atoms with Crippen LogP contribution in [0.4, 0.5) is 5.13 Å². The first kappa shape index (κ1) is 16.8. The molecule has 1 N–H and O–H groups in total. The summed E-state index contributed by atoms with van der Waals surface area (Å²) in [5.74, 6) is 0.561. The summed E-state index contributed by atoms with van der Waals surface area (Å²) in [6.07, 6.45) is 0. The lowest BCUT2D eigenvalue weighted by atomic mass is 10.1. The summed E-state index contributed by atoms with van der Waals surface area (Å²) < 4.78 is 6.45. The minimum atomic E-state index is -0.137. The van der Waals surface area contributed by atoms with Crippen molar-refractivity contribution in [2.24, 2.45) is 0 Å². The summed E-state index contributed by atoms with van der Waals surface area (Å²) in [6, 6.07) is 17.9. The molecule has 0 spiro atoms. The van der Waals surface area contributed by atoms with Crippen molar-refractivity contribution < 1.29 is 9.53 Å². The standard InChI is InChI=1S/C20H16N2O2S2/c1-12-8-11-16(25-12)19(23)22-20-21-17-15(24-2)10-9-14(18(17)26-20)13-6-4-3-5-7-13/h3-11H,1-2H3,(H,21,22,23). The normalized spacial score (nSPS) is 10.8. The average molecular weight is 380 g/mol. The van der Waals surface area contributed by atoms with E-state index >= 15 is 0 Å². The first-order valence-electron chi connectivity index (χ1n) is 8.06. The second-order valence-electron chi connectivity index (χ2n) is 5.74. The number of carbonyl (C=O) groups is 1. The number of nitrogens with one attached hydrogen (secondary N) is 1. The Kier molecular flexibility index (Phi) is 4.44. The number of nitrogens with zero attached hydrogens (tertiary/aromatic N) is 1. The van der Waals surface area contributed by atoms with Gasteiger partial charge in [-0.05, 0) is 36.8 Å². The van der Waals surface area contributed by atoms with E-state index in [1.807, 2.05) is 49.4 Å². The number of hydrogen-bond acceptors (Lipinski definition) is 5. The number of anilines is 1. The van der Waals surface area contributed by atoms with Crippen LogP contribution in [-0.2, 0) is 0 Å². The molecule has 4 rings (SSSR count). The molecule has 0 aliphatic heterocycles. The van der Waals surface area contributed by atoms with E-state index in [0.29, 0.717) is 15.8 Å². The van der Waals surface area contributed by atoms with Gasteiger partial charge in [0.2, 0.25) is 0 Å². The van der Waals surface area contributed by atoms with E-state index in [0.717, 1.165) is 26.2 Å². The van der Waals surface area contributed by atoms with Crippen molar-refractivity contribution in [2.45, 2.75) is 6.92 Å². The number of aryl methyl sites for hydroxylation is 1. The van der Waals surface area contributed by atoms with Gasteiger partial charge in [-0.15, -0.1) is 11.3 Å². The summed E-state index contributed by atoms with van der Waals surface area (Å²) in [7, 11) is 1.63. The molecule has 2 aromatic heterocycles. The van der Waals surface area contributed by atoms with Crippen molar-refractivity contribution in [3.63, 3.8) is 0 Å². The SMILES string of the molecule is COc1ccc(-c2ccccc2)c2sc(NC(=O)c3ccc(C)s3)nc12. The van der Waals surface area contributed by atoms with Crippen molar-refractivity contribution >= 4 is 43.9 Å². The van der Waals surface area contributed by atoms with Gasteiger partial charge < -0.3 is 4.74 Å². The second-order valence-corrected chi connectivity index (χ2v) is 8.03. The molecule has 0 radical (unpaired) electrons. The molecule has 0 bridgehead atoms. The van der Waals surface area contributed by atoms with E-state index in [1.165, 1.54) is 22.7 Å². The maximum atomic E-state index is 12.4. The molecule has 2 aromatic carbocycles. The van der Waals surface area contributed by atoms with Crippen LogP contribution in [0.2, 0.25) is 0 Å². The number of benzene rings is 2. The third kappa shape index (κ3) is 3.09. The zero-order chi connectivity index (χ0) is 18.1. The minimum absolute atomic E-state index is 0.137. The average Bonchev–Trinajstić information content (AvgIpc) is 3.27. The fourth-order valence-corrected chi connectivity index (χ4v) is 4.54. The Balaban J connectivity index is 1.76. The van der Waals surface area contributed by atoms with Crippen LogP contribution in [0.15, 0.2) is 54.6 Å². The summed E-state index contributed by atoms with van der Waals surface area (Å²) in [5, 5.41) is 3.48. The predicted octanol–water partition coefficient (Wildman–Crippen LogP) is 5.59. The molecule has 2 heterocycles. The maximum absolute atomic E-state index is 12.4. The Morgan fingerprint density at radius 3 is 2.54 bits per heavy atom. The number of amides is 1. The van der Waals surface area contributed by atoms with Gasteiger partial charge in [-0.3, -0.25) is 10.1 Å². The van der Waals surface area contributed by atoms with Gasteiger partial charge in [0.1, 0.15) is 11.3 Å². The Hall–Kier alpha value is -2.70. The van der Waals surface area contributed by atoms with Crippen LogP contribution >= 0.6 is 22.7 Å². The molecule has 0 atom stereocenters. The highest BCUT2D eigenvalue weighted by molar-refractivity contribution is 7.23. The van der Waals surface area contributed by atoms with E-state index in [4.69, 9.17) is 4.74 Å². The summed E-state index contributed by atoms with van der Waals surface area (Å²) in [4.78, 5) is 18.8. The molecule has 130 valence electrons. The van der Waals surface area contributed by atoms with Crippen molar-refractivity contribution in [3.05, 3.63) is 64.4 Å². The third-order valence-corrected chi connectivity index (χ3v) is 6.00. The number of thiazole rings is 1. The van der Waals surface area contributed by atoms with Crippen molar-refractivity contribution in [1.29, 1.82) is 0 Å². The number of thiophene rings is 1. The van der Waals surface area contributed by atoms with E-state index in [1.54, 1.807) is 7.11 Å². The van der Waals surface area contributed by atoms with E-state index < -0.39 is 0 Å². The van der Waals surface area contributed by atoms with Gasteiger partial charge in [0.25, 0.3) is 5.91 Å². The molecule has 4 aromatic rings. The molecular weight excluding hydrogens is 364 g/mol. The highest BCUT2D eigenvalue weighted by Gasteiger charge is 2.16. The van der Waals surface area contributed by atoms with Gasteiger partial charge in [0.05, 0.1) is 16.7 Å². The van der Waals surface area contributed by atoms with Crippen LogP contribution < -0.4 is 10.1 Å². The molecule has 0 saturated heterocycles. The zero-order valence-corrected chi connectivity index (χ0v) is 15.9. The van der Waals surface area contributed by atoms with Crippen LogP contribution in [0.5, 0.6) is 5.75 Å². The number of hydrogen-bond donors (Lipinski definition) is 1. The molecule has 4 nitrogen and oxygen atoms in total. The van der Waals surface area contributed by atoms with Crippen LogP contribution in [0, 0.1) is 6.92 Å².